The van der Waals surface area contributed by atoms with Crippen LogP contribution in [0.3, 0.4) is 0 Å². The van der Waals surface area contributed by atoms with Crippen molar-refractivity contribution >= 4 is 22.6 Å². The predicted molar refractivity (Wildman–Crippen MR) is 92.2 cm³/mol. The van der Waals surface area contributed by atoms with E-state index >= 15 is 0 Å². The molecule has 4 heteroatoms. The van der Waals surface area contributed by atoms with Gasteiger partial charge in [-0.2, -0.15) is 0 Å². The minimum atomic E-state index is -0.323. The van der Waals surface area contributed by atoms with Crippen molar-refractivity contribution in [2.45, 2.75) is 45.1 Å². The lowest BCUT2D eigenvalue weighted by molar-refractivity contribution is -0.120. The molecule has 0 spiro atoms. The molecule has 4 heterocycles. The highest BCUT2D eigenvalue weighted by Gasteiger charge is 2.52. The van der Waals surface area contributed by atoms with E-state index in [0.29, 0.717) is 6.42 Å². The number of fused-ring (bicyclic) bond motifs is 3. The maximum absolute atomic E-state index is 13.0. The van der Waals surface area contributed by atoms with Gasteiger partial charge >= 0.3 is 0 Å². The number of ketones is 1. The Morgan fingerprint density at radius 1 is 1.21 bits per heavy atom. The standard InChI is InChI=1S/C20H22N2O2/c1-2-20-9-5-10-21-11-8-14-13-6-3-4-7-15(13)22(17(14)18(20)21)19(24)16(23)12-20/h3-4,6-7,18H,2,5,8-12H2,1H3/t18-,20+/m0/s1. The average molecular weight is 322 g/mol. The van der Waals surface area contributed by atoms with Crippen LogP contribution in [0.5, 0.6) is 0 Å². The monoisotopic (exact) mass is 322 g/mol. The summed E-state index contributed by atoms with van der Waals surface area (Å²) in [6.45, 7) is 4.30. The molecule has 0 aliphatic carbocycles. The molecule has 0 unspecified atom stereocenters. The van der Waals surface area contributed by atoms with Gasteiger partial charge in [0, 0.05) is 24.0 Å². The normalized spacial score (nSPS) is 29.6. The van der Waals surface area contributed by atoms with Crippen molar-refractivity contribution in [2.24, 2.45) is 5.41 Å². The van der Waals surface area contributed by atoms with Crippen molar-refractivity contribution < 1.29 is 9.59 Å². The Morgan fingerprint density at radius 3 is 2.88 bits per heavy atom. The number of carbonyl (C=O) groups excluding carboxylic acids is 2. The first kappa shape index (κ1) is 14.4. The highest BCUT2D eigenvalue weighted by atomic mass is 16.2. The van der Waals surface area contributed by atoms with E-state index in [-0.39, 0.29) is 23.1 Å². The molecule has 1 aromatic carbocycles. The average Bonchev–Trinajstić information content (AvgIpc) is 2.90. The molecule has 2 atom stereocenters. The first-order chi connectivity index (χ1) is 11.7. The topological polar surface area (TPSA) is 42.3 Å². The summed E-state index contributed by atoms with van der Waals surface area (Å²) in [5, 5.41) is 1.16. The SMILES string of the molecule is CC[C@@]12CCCN3CCc4c(n(c5ccccc45)C(=O)C(=O)C1)[C@H]32. The summed E-state index contributed by atoms with van der Waals surface area (Å²) in [4.78, 5) is 28.3. The number of piperidine rings is 1. The number of benzene rings is 1. The van der Waals surface area contributed by atoms with Crippen LogP contribution in [0.1, 0.15) is 54.7 Å². The van der Waals surface area contributed by atoms with Crippen LogP contribution < -0.4 is 0 Å². The fraction of sp³-hybridized carbons (Fsp3) is 0.500. The molecule has 24 heavy (non-hydrogen) atoms. The maximum atomic E-state index is 13.0. The number of carbonyl (C=O) groups is 2. The van der Waals surface area contributed by atoms with E-state index in [2.05, 4.69) is 17.9 Å². The summed E-state index contributed by atoms with van der Waals surface area (Å²) < 4.78 is 1.77. The minimum Gasteiger partial charge on any atom is -0.294 e. The summed E-state index contributed by atoms with van der Waals surface area (Å²) in [6, 6.07) is 8.31. The molecule has 3 aliphatic rings. The zero-order valence-corrected chi connectivity index (χ0v) is 14.0. The van der Waals surface area contributed by atoms with Crippen LogP contribution in [0.15, 0.2) is 24.3 Å². The highest BCUT2D eigenvalue weighted by molar-refractivity contribution is 6.38. The number of hydrogen-bond acceptors (Lipinski definition) is 3. The predicted octanol–water partition coefficient (Wildman–Crippen LogP) is 3.34. The molecular formula is C20H22N2O2. The third-order valence-electron chi connectivity index (χ3n) is 6.65. The smallest absolute Gasteiger partial charge is 0.294 e. The Labute approximate surface area is 141 Å². The van der Waals surface area contributed by atoms with Gasteiger partial charge in [-0.15, -0.1) is 0 Å². The fourth-order valence-corrected chi connectivity index (χ4v) is 5.54. The second-order valence-electron chi connectivity index (χ2n) is 7.63. The molecule has 124 valence electrons. The number of para-hydroxylation sites is 1. The molecular weight excluding hydrogens is 300 g/mol. The Balaban J connectivity index is 1.90. The van der Waals surface area contributed by atoms with Gasteiger partial charge in [0.15, 0.2) is 0 Å². The van der Waals surface area contributed by atoms with Crippen LogP contribution in [0.25, 0.3) is 10.9 Å². The quantitative estimate of drug-likeness (QED) is 0.756. The van der Waals surface area contributed by atoms with Gasteiger partial charge in [-0.3, -0.25) is 19.1 Å². The summed E-state index contributed by atoms with van der Waals surface area (Å²) >= 11 is 0. The molecule has 3 aliphatic heterocycles. The number of nitrogens with zero attached hydrogens (tertiary/aromatic N) is 2. The van der Waals surface area contributed by atoms with Crippen LogP contribution >= 0.6 is 0 Å². The molecule has 5 rings (SSSR count). The van der Waals surface area contributed by atoms with Gasteiger partial charge in [0.05, 0.1) is 11.6 Å². The lowest BCUT2D eigenvalue weighted by Crippen LogP contribution is -2.49. The highest BCUT2D eigenvalue weighted by Crippen LogP contribution is 2.55. The van der Waals surface area contributed by atoms with Gasteiger partial charge in [-0.05, 0) is 49.3 Å². The fourth-order valence-electron chi connectivity index (χ4n) is 5.54. The van der Waals surface area contributed by atoms with Crippen LogP contribution in [-0.4, -0.2) is 34.2 Å². The van der Waals surface area contributed by atoms with Crippen LogP contribution in [-0.2, 0) is 11.2 Å². The molecule has 0 bridgehead atoms. The number of rotatable bonds is 1. The van der Waals surface area contributed by atoms with Gasteiger partial charge in [-0.1, -0.05) is 25.1 Å². The lowest BCUT2D eigenvalue weighted by Gasteiger charge is -2.51. The zero-order valence-electron chi connectivity index (χ0n) is 14.0. The molecule has 1 aromatic heterocycles. The maximum Gasteiger partial charge on any atom is 0.298 e. The van der Waals surface area contributed by atoms with Crippen LogP contribution in [0, 0.1) is 5.41 Å². The lowest BCUT2D eigenvalue weighted by atomic mass is 9.66. The third kappa shape index (κ3) is 1.62. The van der Waals surface area contributed by atoms with E-state index in [1.807, 2.05) is 18.2 Å². The number of aromatic nitrogens is 1. The largest absolute Gasteiger partial charge is 0.298 e. The van der Waals surface area contributed by atoms with Crippen LogP contribution in [0.2, 0.25) is 0 Å². The van der Waals surface area contributed by atoms with E-state index in [1.165, 1.54) is 5.56 Å². The van der Waals surface area contributed by atoms with E-state index in [1.54, 1.807) is 4.57 Å². The van der Waals surface area contributed by atoms with Crippen molar-refractivity contribution in [3.63, 3.8) is 0 Å². The molecule has 1 saturated heterocycles. The summed E-state index contributed by atoms with van der Waals surface area (Å²) in [5.41, 5.74) is 3.26. The Kier molecular flexibility index (Phi) is 2.88. The van der Waals surface area contributed by atoms with Gasteiger partial charge in [0.25, 0.3) is 5.91 Å². The van der Waals surface area contributed by atoms with Gasteiger partial charge < -0.3 is 0 Å². The Morgan fingerprint density at radius 2 is 2.04 bits per heavy atom. The van der Waals surface area contributed by atoms with E-state index in [0.717, 1.165) is 55.4 Å². The second-order valence-corrected chi connectivity index (χ2v) is 7.63. The summed E-state index contributed by atoms with van der Waals surface area (Å²) in [7, 11) is 0. The zero-order chi connectivity index (χ0) is 16.5. The second kappa shape index (κ2) is 4.79. The Hall–Kier alpha value is -1.94. The first-order valence-electron chi connectivity index (χ1n) is 9.10. The molecule has 0 saturated carbocycles. The first-order valence-corrected chi connectivity index (χ1v) is 9.10. The van der Waals surface area contributed by atoms with Crippen molar-refractivity contribution in [3.8, 4) is 0 Å². The summed E-state index contributed by atoms with van der Waals surface area (Å²) in [5.74, 6) is -0.534. The van der Waals surface area contributed by atoms with E-state index in [9.17, 15) is 9.59 Å². The van der Waals surface area contributed by atoms with Crippen LogP contribution in [0.4, 0.5) is 0 Å². The van der Waals surface area contributed by atoms with Crippen molar-refractivity contribution in [2.75, 3.05) is 13.1 Å². The van der Waals surface area contributed by atoms with Crippen molar-refractivity contribution in [1.29, 1.82) is 0 Å². The van der Waals surface area contributed by atoms with Gasteiger partial charge in [0.1, 0.15) is 0 Å². The third-order valence-corrected chi connectivity index (χ3v) is 6.65. The molecule has 0 N–H and O–H groups in total. The molecule has 0 radical (unpaired) electrons. The van der Waals surface area contributed by atoms with Crippen molar-refractivity contribution in [1.82, 2.24) is 9.47 Å². The van der Waals surface area contributed by atoms with E-state index in [4.69, 9.17) is 0 Å². The number of hydrogen-bond donors (Lipinski definition) is 0. The molecule has 2 aromatic rings. The Bertz CT molecular complexity index is 881. The van der Waals surface area contributed by atoms with Gasteiger partial charge in [0.2, 0.25) is 5.78 Å². The van der Waals surface area contributed by atoms with Crippen molar-refractivity contribution in [3.05, 3.63) is 35.5 Å². The number of Topliss-reactive ketones (excluding diaryl/α,β-unsaturated/α-hetero) is 1. The minimum absolute atomic E-state index is 0.0806. The molecule has 4 nitrogen and oxygen atoms in total. The molecule has 1 fully saturated rings. The van der Waals surface area contributed by atoms with E-state index < -0.39 is 0 Å². The van der Waals surface area contributed by atoms with Gasteiger partial charge in [-0.25, -0.2) is 0 Å². The summed E-state index contributed by atoms with van der Waals surface area (Å²) in [6.07, 6.45) is 4.50. The molecule has 0 amide bonds.